The maximum absolute atomic E-state index is 9.13. The molecule has 0 saturated carbocycles. The smallest absolute Gasteiger partial charge is 0.116 e. The summed E-state index contributed by atoms with van der Waals surface area (Å²) in [5, 5.41) is 18.4. The van der Waals surface area contributed by atoms with Crippen LogP contribution in [0.25, 0.3) is 10.8 Å². The lowest BCUT2D eigenvalue weighted by atomic mass is 10.1. The summed E-state index contributed by atoms with van der Waals surface area (Å²) in [6.07, 6.45) is 0. The molecule has 0 fully saturated rings. The Labute approximate surface area is 77.1 Å². The summed E-state index contributed by atoms with van der Waals surface area (Å²) in [5.74, 6) is 0.323. The van der Waals surface area contributed by atoms with Crippen LogP contribution in [0.5, 0.6) is 5.75 Å². The van der Waals surface area contributed by atoms with Crippen LogP contribution in [0.4, 0.5) is 0 Å². The minimum absolute atomic E-state index is 0.323. The van der Waals surface area contributed by atoms with Gasteiger partial charge >= 0.3 is 0 Å². The number of rotatable bonds is 0. The van der Waals surface area contributed by atoms with E-state index in [-0.39, 0.29) is 0 Å². The van der Waals surface area contributed by atoms with Crippen molar-refractivity contribution >= 4 is 10.8 Å². The Morgan fingerprint density at radius 2 is 1.46 bits per heavy atom. The van der Waals surface area contributed by atoms with E-state index in [0.717, 1.165) is 17.9 Å². The van der Waals surface area contributed by atoms with Crippen molar-refractivity contribution in [3.63, 3.8) is 0 Å². The van der Waals surface area contributed by atoms with Gasteiger partial charge in [0.25, 0.3) is 0 Å². The van der Waals surface area contributed by atoms with Crippen LogP contribution < -0.4 is 0 Å². The van der Waals surface area contributed by atoms with E-state index in [1.807, 2.05) is 30.3 Å². The number of aliphatic hydroxyl groups is 1. The van der Waals surface area contributed by atoms with Gasteiger partial charge in [-0.3, -0.25) is 0 Å². The average molecular weight is 176 g/mol. The summed E-state index contributed by atoms with van der Waals surface area (Å²) in [4.78, 5) is 0. The van der Waals surface area contributed by atoms with Gasteiger partial charge in [0.05, 0.1) is 0 Å². The molecule has 0 atom stereocenters. The van der Waals surface area contributed by atoms with E-state index in [1.54, 1.807) is 12.1 Å². The lowest BCUT2D eigenvalue weighted by Gasteiger charge is -1.96. The van der Waals surface area contributed by atoms with Crippen LogP contribution in [-0.2, 0) is 0 Å². The van der Waals surface area contributed by atoms with E-state index in [9.17, 15) is 0 Å². The summed E-state index contributed by atoms with van der Waals surface area (Å²) < 4.78 is 0. The SMILES string of the molecule is CO.Oc1ccc2ccccc2c1. The maximum Gasteiger partial charge on any atom is 0.116 e. The molecule has 2 rings (SSSR count). The Balaban J connectivity index is 0.000000396. The molecule has 68 valence electrons. The first-order valence-corrected chi connectivity index (χ1v) is 3.99. The van der Waals surface area contributed by atoms with Crippen LogP contribution in [0, 0.1) is 0 Å². The predicted molar refractivity (Wildman–Crippen MR) is 53.8 cm³/mol. The predicted octanol–water partition coefficient (Wildman–Crippen LogP) is 2.15. The Morgan fingerprint density at radius 1 is 0.846 bits per heavy atom. The molecule has 0 amide bonds. The van der Waals surface area contributed by atoms with E-state index in [2.05, 4.69) is 0 Å². The fourth-order valence-electron chi connectivity index (χ4n) is 1.18. The van der Waals surface area contributed by atoms with Gasteiger partial charge in [-0.05, 0) is 22.9 Å². The standard InChI is InChI=1S/C10H8O.CH4O/c11-10-6-5-8-3-1-2-4-9(8)7-10;1-2/h1-7,11H;2H,1H3. The fourth-order valence-corrected chi connectivity index (χ4v) is 1.18. The highest BCUT2D eigenvalue weighted by atomic mass is 16.3. The van der Waals surface area contributed by atoms with Gasteiger partial charge < -0.3 is 10.2 Å². The summed E-state index contributed by atoms with van der Waals surface area (Å²) in [6.45, 7) is 0. The van der Waals surface area contributed by atoms with E-state index in [1.165, 1.54) is 0 Å². The lowest BCUT2D eigenvalue weighted by molar-refractivity contribution is 0.399. The second kappa shape index (κ2) is 4.48. The third-order valence-corrected chi connectivity index (χ3v) is 1.73. The zero-order chi connectivity index (χ0) is 9.68. The minimum Gasteiger partial charge on any atom is -0.508 e. The third-order valence-electron chi connectivity index (χ3n) is 1.73. The molecule has 0 spiro atoms. The first-order chi connectivity index (χ1) is 6.36. The molecule has 2 N–H and O–H groups in total. The van der Waals surface area contributed by atoms with Crippen LogP contribution in [0.3, 0.4) is 0 Å². The molecule has 2 nitrogen and oxygen atoms in total. The molecule has 0 aliphatic heterocycles. The Hall–Kier alpha value is -1.54. The summed E-state index contributed by atoms with van der Waals surface area (Å²) >= 11 is 0. The molecular weight excluding hydrogens is 164 g/mol. The minimum atomic E-state index is 0.323. The largest absolute Gasteiger partial charge is 0.508 e. The van der Waals surface area contributed by atoms with Gasteiger partial charge in [0.2, 0.25) is 0 Å². The molecule has 0 aromatic heterocycles. The quantitative estimate of drug-likeness (QED) is 0.645. The molecule has 0 heterocycles. The summed E-state index contributed by atoms with van der Waals surface area (Å²) in [6, 6.07) is 13.3. The van der Waals surface area contributed by atoms with Crippen LogP contribution in [0.2, 0.25) is 0 Å². The van der Waals surface area contributed by atoms with Gasteiger partial charge in [0.15, 0.2) is 0 Å². The molecule has 2 aromatic carbocycles. The number of fused-ring (bicyclic) bond motifs is 1. The highest BCUT2D eigenvalue weighted by molar-refractivity contribution is 5.83. The Bertz CT molecular complexity index is 383. The van der Waals surface area contributed by atoms with Crippen molar-refractivity contribution in [3.05, 3.63) is 42.5 Å². The van der Waals surface area contributed by atoms with Crippen molar-refractivity contribution in [2.45, 2.75) is 0 Å². The lowest BCUT2D eigenvalue weighted by Crippen LogP contribution is -1.69. The van der Waals surface area contributed by atoms with Crippen molar-refractivity contribution < 1.29 is 10.2 Å². The number of aromatic hydroxyl groups is 1. The highest BCUT2D eigenvalue weighted by Gasteiger charge is 1.91. The number of phenols is 1. The highest BCUT2D eigenvalue weighted by Crippen LogP contribution is 2.18. The fraction of sp³-hybridized carbons (Fsp3) is 0.0909. The van der Waals surface area contributed by atoms with Gasteiger partial charge in [0, 0.05) is 7.11 Å². The van der Waals surface area contributed by atoms with Crippen molar-refractivity contribution in [2.24, 2.45) is 0 Å². The van der Waals surface area contributed by atoms with Crippen LogP contribution in [-0.4, -0.2) is 17.3 Å². The molecule has 13 heavy (non-hydrogen) atoms. The van der Waals surface area contributed by atoms with Crippen LogP contribution >= 0.6 is 0 Å². The van der Waals surface area contributed by atoms with Crippen molar-refractivity contribution in [3.8, 4) is 5.75 Å². The molecule has 0 unspecified atom stereocenters. The summed E-state index contributed by atoms with van der Waals surface area (Å²) in [7, 11) is 1.00. The Morgan fingerprint density at radius 3 is 2.15 bits per heavy atom. The molecule has 0 saturated heterocycles. The third kappa shape index (κ3) is 2.20. The number of hydrogen-bond acceptors (Lipinski definition) is 2. The molecule has 0 bridgehead atoms. The topological polar surface area (TPSA) is 40.5 Å². The first kappa shape index (κ1) is 9.55. The number of aliphatic hydroxyl groups excluding tert-OH is 1. The second-order valence-corrected chi connectivity index (χ2v) is 2.53. The van der Waals surface area contributed by atoms with Crippen LogP contribution in [0.1, 0.15) is 0 Å². The van der Waals surface area contributed by atoms with Gasteiger partial charge in [0.1, 0.15) is 5.75 Å². The van der Waals surface area contributed by atoms with E-state index < -0.39 is 0 Å². The molecular formula is C11H12O2. The van der Waals surface area contributed by atoms with Crippen molar-refractivity contribution in [1.29, 1.82) is 0 Å². The normalized spacial score (nSPS) is 9.08. The number of hydrogen-bond donors (Lipinski definition) is 2. The van der Waals surface area contributed by atoms with E-state index >= 15 is 0 Å². The second-order valence-electron chi connectivity index (χ2n) is 2.53. The van der Waals surface area contributed by atoms with Crippen molar-refractivity contribution in [2.75, 3.05) is 7.11 Å². The molecule has 2 aromatic rings. The van der Waals surface area contributed by atoms with E-state index in [0.29, 0.717) is 5.75 Å². The zero-order valence-electron chi connectivity index (χ0n) is 7.44. The van der Waals surface area contributed by atoms with Gasteiger partial charge in [-0.1, -0.05) is 30.3 Å². The Kier molecular flexibility index (Phi) is 3.29. The first-order valence-electron chi connectivity index (χ1n) is 3.99. The zero-order valence-corrected chi connectivity index (χ0v) is 7.44. The average Bonchev–Trinajstić information content (AvgIpc) is 2.21. The van der Waals surface area contributed by atoms with E-state index in [4.69, 9.17) is 10.2 Å². The van der Waals surface area contributed by atoms with Gasteiger partial charge in [-0.15, -0.1) is 0 Å². The molecule has 2 heteroatoms. The van der Waals surface area contributed by atoms with Crippen LogP contribution in [0.15, 0.2) is 42.5 Å². The summed E-state index contributed by atoms with van der Waals surface area (Å²) in [5.41, 5.74) is 0. The molecule has 0 aliphatic rings. The van der Waals surface area contributed by atoms with Crippen molar-refractivity contribution in [1.82, 2.24) is 0 Å². The maximum atomic E-state index is 9.13. The number of phenolic OH excluding ortho intramolecular Hbond substituents is 1. The monoisotopic (exact) mass is 176 g/mol. The number of benzene rings is 2. The van der Waals surface area contributed by atoms with Gasteiger partial charge in [-0.2, -0.15) is 0 Å². The molecule has 0 aliphatic carbocycles. The molecule has 0 radical (unpaired) electrons. The van der Waals surface area contributed by atoms with Gasteiger partial charge in [-0.25, -0.2) is 0 Å².